The maximum atomic E-state index is 12.9. The van der Waals surface area contributed by atoms with Gasteiger partial charge in [0, 0.05) is 24.7 Å². The quantitative estimate of drug-likeness (QED) is 0.896. The van der Waals surface area contributed by atoms with E-state index in [1.54, 1.807) is 37.6 Å². The molecule has 0 saturated heterocycles. The Hall–Kier alpha value is -2.24. The van der Waals surface area contributed by atoms with E-state index in [9.17, 15) is 18.0 Å². The summed E-state index contributed by atoms with van der Waals surface area (Å²) in [6, 6.07) is 8.79. The van der Waals surface area contributed by atoms with Gasteiger partial charge in [-0.2, -0.15) is 13.2 Å². The van der Waals surface area contributed by atoms with Crippen LogP contribution in [-0.2, 0) is 18.6 Å². The average Bonchev–Trinajstić information content (AvgIpc) is 2.84. The third-order valence-electron chi connectivity index (χ3n) is 4.27. The zero-order chi connectivity index (χ0) is 18.1. The van der Waals surface area contributed by atoms with Crippen molar-refractivity contribution in [2.45, 2.75) is 32.4 Å². The van der Waals surface area contributed by atoms with Gasteiger partial charge < -0.3 is 9.88 Å². The van der Waals surface area contributed by atoms with Crippen LogP contribution in [0.5, 0.6) is 0 Å². The van der Waals surface area contributed by atoms with E-state index in [1.807, 2.05) is 13.0 Å². The van der Waals surface area contributed by atoms with Gasteiger partial charge in [-0.25, -0.2) is 0 Å². The van der Waals surface area contributed by atoms with E-state index < -0.39 is 17.2 Å². The maximum Gasteiger partial charge on any atom is 0.416 e. The molecule has 130 valence electrons. The van der Waals surface area contributed by atoms with Crippen LogP contribution in [0.3, 0.4) is 0 Å². The van der Waals surface area contributed by atoms with Gasteiger partial charge in [0.2, 0.25) is 0 Å². The maximum absolute atomic E-state index is 12.9. The number of alkyl halides is 3. The summed E-state index contributed by atoms with van der Waals surface area (Å²) in [4.78, 5) is 12.3. The molecule has 24 heavy (non-hydrogen) atoms. The SMILES string of the molecule is Cc1ccc(C(=O)NCC(C)(C)c2cccc(C(F)(F)F)c2)n1C. The first kappa shape index (κ1) is 18.1. The highest BCUT2D eigenvalue weighted by atomic mass is 19.4. The number of hydrogen-bond donors (Lipinski definition) is 1. The largest absolute Gasteiger partial charge is 0.416 e. The molecule has 1 aromatic carbocycles. The van der Waals surface area contributed by atoms with Crippen molar-refractivity contribution in [3.05, 3.63) is 58.9 Å². The number of benzene rings is 1. The molecule has 0 unspecified atom stereocenters. The summed E-state index contributed by atoms with van der Waals surface area (Å²) in [5.74, 6) is -0.245. The lowest BCUT2D eigenvalue weighted by atomic mass is 9.83. The van der Waals surface area contributed by atoms with E-state index in [-0.39, 0.29) is 12.5 Å². The van der Waals surface area contributed by atoms with Crippen LogP contribution in [0, 0.1) is 6.92 Å². The molecule has 0 atom stereocenters. The first-order valence-corrected chi connectivity index (χ1v) is 7.60. The van der Waals surface area contributed by atoms with Crippen molar-refractivity contribution >= 4 is 5.91 Å². The van der Waals surface area contributed by atoms with Crippen LogP contribution in [0.4, 0.5) is 13.2 Å². The molecule has 0 aliphatic carbocycles. The second-order valence-electron chi connectivity index (χ2n) is 6.56. The van der Waals surface area contributed by atoms with Gasteiger partial charge >= 0.3 is 6.18 Å². The van der Waals surface area contributed by atoms with Gasteiger partial charge in [0.25, 0.3) is 5.91 Å². The molecule has 0 bridgehead atoms. The molecular weight excluding hydrogens is 317 g/mol. The van der Waals surface area contributed by atoms with Crippen molar-refractivity contribution in [1.82, 2.24) is 9.88 Å². The number of aryl methyl sites for hydroxylation is 1. The van der Waals surface area contributed by atoms with Gasteiger partial charge in [0.15, 0.2) is 0 Å². The lowest BCUT2D eigenvalue weighted by molar-refractivity contribution is -0.137. The molecular formula is C18H21F3N2O. The number of amides is 1. The first-order chi connectivity index (χ1) is 11.0. The number of carbonyl (C=O) groups is 1. The Balaban J connectivity index is 2.14. The number of rotatable bonds is 4. The van der Waals surface area contributed by atoms with Crippen molar-refractivity contribution in [1.29, 1.82) is 0 Å². The Morgan fingerprint density at radius 3 is 2.29 bits per heavy atom. The van der Waals surface area contributed by atoms with Crippen LogP contribution < -0.4 is 5.32 Å². The summed E-state index contributed by atoms with van der Waals surface area (Å²) < 4.78 is 40.4. The molecule has 1 N–H and O–H groups in total. The van der Waals surface area contributed by atoms with Gasteiger partial charge in [0.05, 0.1) is 5.56 Å². The monoisotopic (exact) mass is 338 g/mol. The van der Waals surface area contributed by atoms with Crippen LogP contribution in [0.2, 0.25) is 0 Å². The topological polar surface area (TPSA) is 34.0 Å². The summed E-state index contributed by atoms with van der Waals surface area (Å²) >= 11 is 0. The van der Waals surface area contributed by atoms with Crippen LogP contribution in [0.25, 0.3) is 0 Å². The van der Waals surface area contributed by atoms with Crippen molar-refractivity contribution in [2.24, 2.45) is 7.05 Å². The van der Waals surface area contributed by atoms with E-state index >= 15 is 0 Å². The van der Waals surface area contributed by atoms with E-state index in [1.165, 1.54) is 6.07 Å². The molecule has 0 fully saturated rings. The van der Waals surface area contributed by atoms with Gasteiger partial charge in [0.1, 0.15) is 5.69 Å². The fourth-order valence-corrected chi connectivity index (χ4v) is 2.45. The highest BCUT2D eigenvalue weighted by Crippen LogP contribution is 2.32. The van der Waals surface area contributed by atoms with Gasteiger partial charge in [-0.3, -0.25) is 4.79 Å². The minimum Gasteiger partial charge on any atom is -0.350 e. The van der Waals surface area contributed by atoms with Crippen LogP contribution in [0.15, 0.2) is 36.4 Å². The molecule has 0 aliphatic rings. The molecule has 1 aromatic heterocycles. The average molecular weight is 338 g/mol. The Morgan fingerprint density at radius 2 is 1.75 bits per heavy atom. The molecule has 3 nitrogen and oxygen atoms in total. The molecule has 0 radical (unpaired) electrons. The molecule has 1 heterocycles. The van der Waals surface area contributed by atoms with Crippen molar-refractivity contribution in [2.75, 3.05) is 6.54 Å². The van der Waals surface area contributed by atoms with Crippen molar-refractivity contribution in [3.8, 4) is 0 Å². The second kappa shape index (κ2) is 6.34. The lowest BCUT2D eigenvalue weighted by Crippen LogP contribution is -2.37. The summed E-state index contributed by atoms with van der Waals surface area (Å²) in [5, 5.41) is 2.81. The highest BCUT2D eigenvalue weighted by molar-refractivity contribution is 5.92. The number of hydrogen-bond acceptors (Lipinski definition) is 1. The Morgan fingerprint density at radius 1 is 1.12 bits per heavy atom. The number of nitrogens with zero attached hydrogens (tertiary/aromatic N) is 1. The second-order valence-corrected chi connectivity index (χ2v) is 6.56. The zero-order valence-corrected chi connectivity index (χ0v) is 14.2. The van der Waals surface area contributed by atoms with Gasteiger partial charge in [-0.05, 0) is 30.7 Å². The van der Waals surface area contributed by atoms with Crippen LogP contribution >= 0.6 is 0 Å². The molecule has 1 amide bonds. The smallest absolute Gasteiger partial charge is 0.350 e. The minimum atomic E-state index is -4.38. The summed E-state index contributed by atoms with van der Waals surface area (Å²) in [6.45, 7) is 5.73. The third kappa shape index (κ3) is 3.80. The molecule has 2 aromatic rings. The van der Waals surface area contributed by atoms with Crippen molar-refractivity contribution in [3.63, 3.8) is 0 Å². The minimum absolute atomic E-state index is 0.234. The van der Waals surface area contributed by atoms with Gasteiger partial charge in [-0.15, -0.1) is 0 Å². The predicted octanol–water partition coefficient (Wildman–Crippen LogP) is 4.06. The summed E-state index contributed by atoms with van der Waals surface area (Å²) in [5.41, 5.74) is 0.694. The Bertz CT molecular complexity index is 745. The van der Waals surface area contributed by atoms with E-state index in [4.69, 9.17) is 0 Å². The van der Waals surface area contributed by atoms with Gasteiger partial charge in [-0.1, -0.05) is 32.0 Å². The van der Waals surface area contributed by atoms with Crippen LogP contribution in [0.1, 0.15) is 41.2 Å². The molecule has 0 aliphatic heterocycles. The van der Waals surface area contributed by atoms with Crippen molar-refractivity contribution < 1.29 is 18.0 Å². The fraction of sp³-hybridized carbons (Fsp3) is 0.389. The third-order valence-corrected chi connectivity index (χ3v) is 4.27. The molecule has 0 spiro atoms. The number of nitrogens with one attached hydrogen (secondary N) is 1. The van der Waals surface area contributed by atoms with E-state index in [2.05, 4.69) is 5.32 Å². The summed E-state index contributed by atoms with van der Waals surface area (Å²) in [7, 11) is 1.79. The number of carbonyl (C=O) groups excluding carboxylic acids is 1. The Labute approximate surface area is 139 Å². The standard InChI is InChI=1S/C18H21F3N2O/c1-12-8-9-15(23(12)4)16(24)22-11-17(2,3)13-6-5-7-14(10-13)18(19,20)21/h5-10H,11H2,1-4H3,(H,22,24). The predicted molar refractivity (Wildman–Crippen MR) is 87.0 cm³/mol. The summed E-state index contributed by atoms with van der Waals surface area (Å²) in [6.07, 6.45) is -4.38. The first-order valence-electron chi connectivity index (χ1n) is 7.60. The fourth-order valence-electron chi connectivity index (χ4n) is 2.45. The normalized spacial score (nSPS) is 12.3. The molecule has 2 rings (SSSR count). The lowest BCUT2D eigenvalue weighted by Gasteiger charge is -2.26. The zero-order valence-electron chi connectivity index (χ0n) is 14.2. The number of halogens is 3. The van der Waals surface area contributed by atoms with E-state index in [0.29, 0.717) is 11.3 Å². The molecule has 0 saturated carbocycles. The number of aromatic nitrogens is 1. The van der Waals surface area contributed by atoms with E-state index in [0.717, 1.165) is 17.8 Å². The Kier molecular flexibility index (Phi) is 4.78. The van der Waals surface area contributed by atoms with Crippen LogP contribution in [-0.4, -0.2) is 17.0 Å². The highest BCUT2D eigenvalue weighted by Gasteiger charge is 2.32. The molecule has 6 heteroatoms.